The number of carbonyl (C=O) groups is 1. The number of carbonyl (C=O) groups excluding carboxylic acids is 1. The number of hydrogen-bond acceptors (Lipinski definition) is 3. The normalized spacial score (nSPS) is 19.6. The molecule has 1 atom stereocenters. The quantitative estimate of drug-likeness (QED) is 0.722. The Labute approximate surface area is 128 Å². The van der Waals surface area contributed by atoms with Crippen molar-refractivity contribution in [1.82, 2.24) is 4.90 Å². The van der Waals surface area contributed by atoms with Gasteiger partial charge in [0.05, 0.1) is 13.2 Å². The number of benzene rings is 1. The molecule has 0 aromatic heterocycles. The summed E-state index contributed by atoms with van der Waals surface area (Å²) in [6, 6.07) is 8.12. The van der Waals surface area contributed by atoms with E-state index in [9.17, 15) is 4.79 Å². The Hall–Kier alpha value is -1.19. The highest BCUT2D eigenvalue weighted by Gasteiger charge is 2.21. The predicted octanol–water partition coefficient (Wildman–Crippen LogP) is 3.18. The number of aryl methyl sites for hydroxylation is 1. The van der Waals surface area contributed by atoms with Gasteiger partial charge >= 0.3 is 0 Å². The maximum atomic E-state index is 12.4. The molecule has 0 radical (unpaired) electrons. The highest BCUT2D eigenvalue weighted by atomic mass is 16.5. The topological polar surface area (TPSA) is 29.5 Å². The van der Waals surface area contributed by atoms with Crippen LogP contribution in [0.4, 0.5) is 0 Å². The van der Waals surface area contributed by atoms with Crippen LogP contribution in [0.1, 0.15) is 42.1 Å². The molecule has 3 heteroatoms. The molecule has 21 heavy (non-hydrogen) atoms. The first kappa shape index (κ1) is 16.2. The highest BCUT2D eigenvalue weighted by molar-refractivity contribution is 5.97. The minimum absolute atomic E-state index is 0.233. The number of hydrogen-bond donors (Lipinski definition) is 0. The minimum Gasteiger partial charge on any atom is -0.384 e. The second-order valence-corrected chi connectivity index (χ2v) is 6.07. The Morgan fingerprint density at radius 3 is 2.76 bits per heavy atom. The van der Waals surface area contributed by atoms with E-state index in [0.717, 1.165) is 44.5 Å². The third kappa shape index (κ3) is 4.94. The average molecular weight is 289 g/mol. The van der Waals surface area contributed by atoms with Crippen LogP contribution in [0.3, 0.4) is 0 Å². The van der Waals surface area contributed by atoms with E-state index in [2.05, 4.69) is 24.0 Å². The lowest BCUT2D eigenvalue weighted by Gasteiger charge is -2.31. The van der Waals surface area contributed by atoms with Crippen molar-refractivity contribution in [3.63, 3.8) is 0 Å². The molecule has 2 rings (SSSR count). The zero-order chi connectivity index (χ0) is 15.1. The first-order valence-electron chi connectivity index (χ1n) is 8.06. The third-order valence-corrected chi connectivity index (χ3v) is 4.19. The summed E-state index contributed by atoms with van der Waals surface area (Å²) in [5, 5.41) is 0. The molecule has 0 N–H and O–H groups in total. The summed E-state index contributed by atoms with van der Waals surface area (Å²) >= 11 is 0. The van der Waals surface area contributed by atoms with Crippen molar-refractivity contribution in [2.24, 2.45) is 5.92 Å². The van der Waals surface area contributed by atoms with Gasteiger partial charge in [0.1, 0.15) is 0 Å². The van der Waals surface area contributed by atoms with Gasteiger partial charge in [-0.1, -0.05) is 37.6 Å². The van der Waals surface area contributed by atoms with Crippen LogP contribution in [0.5, 0.6) is 0 Å². The van der Waals surface area contributed by atoms with Crippen LogP contribution in [0.25, 0.3) is 0 Å². The number of likely N-dealkylation sites (tertiary alicyclic amines) is 1. The molecule has 1 heterocycles. The van der Waals surface area contributed by atoms with E-state index in [0.29, 0.717) is 12.5 Å². The Kier molecular flexibility index (Phi) is 6.40. The number of Topliss-reactive ketones (excluding diaryl/α,β-unsaturated/α-hetero) is 1. The number of piperidine rings is 1. The smallest absolute Gasteiger partial charge is 0.176 e. The first-order valence-corrected chi connectivity index (χ1v) is 8.06. The number of ketones is 1. The fraction of sp³-hybridized carbons (Fsp3) is 0.611. The number of nitrogens with zero attached hydrogens (tertiary/aromatic N) is 1. The predicted molar refractivity (Wildman–Crippen MR) is 85.8 cm³/mol. The van der Waals surface area contributed by atoms with Crippen LogP contribution < -0.4 is 0 Å². The number of ether oxygens (including phenoxy) is 1. The van der Waals surface area contributed by atoms with Gasteiger partial charge in [-0.3, -0.25) is 9.69 Å². The molecule has 0 amide bonds. The van der Waals surface area contributed by atoms with Gasteiger partial charge in [0.25, 0.3) is 0 Å². The molecule has 0 bridgehead atoms. The molecule has 0 spiro atoms. The first-order chi connectivity index (χ1) is 10.2. The van der Waals surface area contributed by atoms with Gasteiger partial charge in [-0.15, -0.1) is 0 Å². The van der Waals surface area contributed by atoms with Crippen LogP contribution in [0.2, 0.25) is 0 Å². The maximum absolute atomic E-state index is 12.4. The van der Waals surface area contributed by atoms with Gasteiger partial charge in [-0.05, 0) is 37.3 Å². The summed E-state index contributed by atoms with van der Waals surface area (Å²) in [5.41, 5.74) is 2.15. The van der Waals surface area contributed by atoms with Gasteiger partial charge < -0.3 is 4.74 Å². The van der Waals surface area contributed by atoms with Crippen molar-refractivity contribution < 1.29 is 9.53 Å². The number of rotatable bonds is 7. The van der Waals surface area contributed by atoms with Gasteiger partial charge in [0.15, 0.2) is 5.78 Å². The average Bonchev–Trinajstić information content (AvgIpc) is 2.49. The summed E-state index contributed by atoms with van der Waals surface area (Å²) in [6.07, 6.45) is 4.60. The Morgan fingerprint density at radius 1 is 1.33 bits per heavy atom. The number of methoxy groups -OCH3 is 1. The van der Waals surface area contributed by atoms with Crippen molar-refractivity contribution >= 4 is 5.78 Å². The second-order valence-electron chi connectivity index (χ2n) is 6.07. The van der Waals surface area contributed by atoms with Crippen molar-refractivity contribution in [3.8, 4) is 0 Å². The van der Waals surface area contributed by atoms with Crippen LogP contribution in [-0.4, -0.2) is 44.0 Å². The van der Waals surface area contributed by atoms with E-state index >= 15 is 0 Å². The lowest BCUT2D eigenvalue weighted by atomic mass is 9.98. The molecule has 0 aliphatic carbocycles. The Bertz CT molecular complexity index is 439. The molecule has 3 nitrogen and oxygen atoms in total. The van der Waals surface area contributed by atoms with E-state index < -0.39 is 0 Å². The largest absolute Gasteiger partial charge is 0.384 e. The van der Waals surface area contributed by atoms with Crippen molar-refractivity contribution in [3.05, 3.63) is 35.4 Å². The van der Waals surface area contributed by atoms with E-state index in [4.69, 9.17) is 4.74 Å². The Morgan fingerprint density at radius 2 is 2.10 bits per heavy atom. The van der Waals surface area contributed by atoms with Gasteiger partial charge in [-0.2, -0.15) is 0 Å². The lowest BCUT2D eigenvalue weighted by Crippen LogP contribution is -2.40. The molecule has 1 fully saturated rings. The molecule has 1 aromatic carbocycles. The van der Waals surface area contributed by atoms with E-state index in [-0.39, 0.29) is 5.78 Å². The van der Waals surface area contributed by atoms with Crippen molar-refractivity contribution in [1.29, 1.82) is 0 Å². The Balaban J connectivity index is 1.88. The van der Waals surface area contributed by atoms with Crippen LogP contribution in [0, 0.1) is 5.92 Å². The molecule has 1 unspecified atom stereocenters. The molecule has 1 aliphatic rings. The summed E-state index contributed by atoms with van der Waals surface area (Å²) in [6.45, 7) is 5.52. The van der Waals surface area contributed by atoms with E-state index in [1.54, 1.807) is 7.11 Å². The lowest BCUT2D eigenvalue weighted by molar-refractivity contribution is 0.0758. The monoisotopic (exact) mass is 289 g/mol. The molecule has 1 saturated heterocycles. The van der Waals surface area contributed by atoms with Crippen LogP contribution in [-0.2, 0) is 11.2 Å². The van der Waals surface area contributed by atoms with E-state index in [1.807, 2.05) is 12.1 Å². The molecule has 0 saturated carbocycles. The second kappa shape index (κ2) is 8.30. The SMILES string of the molecule is CCCc1ccc(C(=O)CN2CCCC(COC)C2)cc1. The standard InChI is InChI=1S/C18H27NO2/c1-3-5-15-7-9-17(10-8-15)18(20)13-19-11-4-6-16(12-19)14-21-2/h7-10,16H,3-6,11-14H2,1-2H3. The molecule has 1 aromatic rings. The van der Waals surface area contributed by atoms with Gasteiger partial charge in [0, 0.05) is 19.2 Å². The molecular formula is C18H27NO2. The minimum atomic E-state index is 0.233. The molecule has 116 valence electrons. The van der Waals surface area contributed by atoms with Crippen LogP contribution >= 0.6 is 0 Å². The molecule has 1 aliphatic heterocycles. The van der Waals surface area contributed by atoms with Crippen LogP contribution in [0.15, 0.2) is 24.3 Å². The zero-order valence-corrected chi connectivity index (χ0v) is 13.3. The zero-order valence-electron chi connectivity index (χ0n) is 13.3. The van der Waals surface area contributed by atoms with Gasteiger partial charge in [-0.25, -0.2) is 0 Å². The maximum Gasteiger partial charge on any atom is 0.176 e. The summed E-state index contributed by atoms with van der Waals surface area (Å²) in [4.78, 5) is 14.6. The van der Waals surface area contributed by atoms with Crippen molar-refractivity contribution in [2.45, 2.75) is 32.6 Å². The fourth-order valence-corrected chi connectivity index (χ4v) is 3.11. The van der Waals surface area contributed by atoms with E-state index in [1.165, 1.54) is 12.0 Å². The summed E-state index contributed by atoms with van der Waals surface area (Å²) < 4.78 is 5.24. The third-order valence-electron chi connectivity index (χ3n) is 4.19. The summed E-state index contributed by atoms with van der Waals surface area (Å²) in [7, 11) is 1.75. The fourth-order valence-electron chi connectivity index (χ4n) is 3.11. The van der Waals surface area contributed by atoms with Gasteiger partial charge in [0.2, 0.25) is 0 Å². The highest BCUT2D eigenvalue weighted by Crippen LogP contribution is 2.17. The summed E-state index contributed by atoms with van der Waals surface area (Å²) in [5.74, 6) is 0.805. The van der Waals surface area contributed by atoms with Crippen molar-refractivity contribution in [2.75, 3.05) is 33.4 Å². The molecular weight excluding hydrogens is 262 g/mol.